The number of ether oxygens (including phenoxy) is 1. The molecule has 0 bridgehead atoms. The fourth-order valence-corrected chi connectivity index (χ4v) is 3.11. The van der Waals surface area contributed by atoms with Gasteiger partial charge in [-0.2, -0.15) is 0 Å². The molecule has 0 spiro atoms. The van der Waals surface area contributed by atoms with Crippen LogP contribution < -0.4 is 10.6 Å². The van der Waals surface area contributed by atoms with Crippen molar-refractivity contribution in [1.82, 2.24) is 10.3 Å². The Kier molecular flexibility index (Phi) is 5.84. The van der Waals surface area contributed by atoms with E-state index >= 15 is 0 Å². The van der Waals surface area contributed by atoms with Crippen molar-refractivity contribution in [2.24, 2.45) is 0 Å². The number of benzene rings is 1. The number of rotatable bonds is 5. The van der Waals surface area contributed by atoms with Crippen molar-refractivity contribution >= 4 is 23.3 Å². The van der Waals surface area contributed by atoms with Crippen LogP contribution in [-0.4, -0.2) is 30.0 Å². The summed E-state index contributed by atoms with van der Waals surface area (Å²) in [4.78, 5) is 28.1. The molecule has 1 amide bonds. The summed E-state index contributed by atoms with van der Waals surface area (Å²) in [5.74, 6) is -0.510. The number of carbonyl (C=O) groups excluding carboxylic acids is 2. The van der Waals surface area contributed by atoms with Crippen LogP contribution >= 0.6 is 0 Å². The Morgan fingerprint density at radius 1 is 1.04 bits per heavy atom. The maximum Gasteiger partial charge on any atom is 0.337 e. The summed E-state index contributed by atoms with van der Waals surface area (Å²) in [6.45, 7) is 0. The van der Waals surface area contributed by atoms with Crippen LogP contribution in [0.1, 0.15) is 53.0 Å². The van der Waals surface area contributed by atoms with Gasteiger partial charge in [-0.25, -0.2) is 4.79 Å². The van der Waals surface area contributed by atoms with E-state index in [1.165, 1.54) is 26.4 Å². The quantitative estimate of drug-likeness (QED) is 0.802. The van der Waals surface area contributed by atoms with Gasteiger partial charge in [0.1, 0.15) is 5.69 Å². The summed E-state index contributed by atoms with van der Waals surface area (Å²) in [5.41, 5.74) is 2.45. The van der Waals surface area contributed by atoms with Gasteiger partial charge < -0.3 is 15.4 Å². The number of methoxy groups -OCH3 is 1. The highest BCUT2D eigenvalue weighted by Gasteiger charge is 2.17. The van der Waals surface area contributed by atoms with E-state index in [-0.39, 0.29) is 17.9 Å². The molecule has 0 saturated heterocycles. The van der Waals surface area contributed by atoms with Gasteiger partial charge in [0.05, 0.1) is 12.7 Å². The lowest BCUT2D eigenvalue weighted by Crippen LogP contribution is -2.36. The van der Waals surface area contributed by atoms with E-state index in [2.05, 4.69) is 20.4 Å². The smallest absolute Gasteiger partial charge is 0.337 e. The molecular weight excluding hydrogens is 330 g/mol. The second kappa shape index (κ2) is 8.47. The van der Waals surface area contributed by atoms with Crippen LogP contribution in [0.2, 0.25) is 0 Å². The van der Waals surface area contributed by atoms with Crippen molar-refractivity contribution in [1.29, 1.82) is 0 Å². The van der Waals surface area contributed by atoms with Crippen molar-refractivity contribution in [2.45, 2.75) is 38.1 Å². The molecule has 2 aromatic rings. The largest absolute Gasteiger partial charge is 0.465 e. The molecule has 26 heavy (non-hydrogen) atoms. The van der Waals surface area contributed by atoms with E-state index < -0.39 is 0 Å². The Labute approximate surface area is 153 Å². The minimum Gasteiger partial charge on any atom is -0.465 e. The van der Waals surface area contributed by atoms with Gasteiger partial charge in [-0.1, -0.05) is 19.3 Å². The molecule has 6 nitrogen and oxygen atoms in total. The molecule has 0 radical (unpaired) electrons. The van der Waals surface area contributed by atoms with Gasteiger partial charge in [0, 0.05) is 23.6 Å². The van der Waals surface area contributed by atoms with Gasteiger partial charge in [0.2, 0.25) is 0 Å². The number of anilines is 2. The summed E-state index contributed by atoms with van der Waals surface area (Å²) in [6, 6.07) is 10.7. The molecule has 1 heterocycles. The molecular formula is C20H23N3O3. The lowest BCUT2D eigenvalue weighted by atomic mass is 9.95. The summed E-state index contributed by atoms with van der Waals surface area (Å²) in [5, 5.41) is 6.29. The molecule has 6 heteroatoms. The number of esters is 1. The standard InChI is InChI=1S/C20H23N3O3/c1-26-20(25)14-7-9-16(10-8-14)22-17-11-12-21-18(13-17)19(24)23-15-5-3-2-4-6-15/h7-13,15H,2-6H2,1H3,(H,21,22)(H,23,24). The summed E-state index contributed by atoms with van der Waals surface area (Å²) < 4.78 is 4.69. The van der Waals surface area contributed by atoms with Crippen LogP contribution in [0.15, 0.2) is 42.6 Å². The molecule has 0 atom stereocenters. The van der Waals surface area contributed by atoms with E-state index in [9.17, 15) is 9.59 Å². The molecule has 0 unspecified atom stereocenters. The zero-order chi connectivity index (χ0) is 18.4. The van der Waals surface area contributed by atoms with Crippen LogP contribution in [0.3, 0.4) is 0 Å². The molecule has 1 aliphatic carbocycles. The highest BCUT2D eigenvalue weighted by molar-refractivity contribution is 5.93. The zero-order valence-corrected chi connectivity index (χ0v) is 14.8. The number of hydrogen-bond donors (Lipinski definition) is 2. The number of amides is 1. The molecule has 136 valence electrons. The molecule has 1 aliphatic rings. The minimum atomic E-state index is -0.373. The lowest BCUT2D eigenvalue weighted by molar-refractivity contribution is 0.0600. The Morgan fingerprint density at radius 2 is 1.77 bits per heavy atom. The lowest BCUT2D eigenvalue weighted by Gasteiger charge is -2.22. The van der Waals surface area contributed by atoms with Gasteiger partial charge in [0.25, 0.3) is 5.91 Å². The summed E-state index contributed by atoms with van der Waals surface area (Å²) in [7, 11) is 1.35. The summed E-state index contributed by atoms with van der Waals surface area (Å²) >= 11 is 0. The maximum absolute atomic E-state index is 12.4. The Hall–Kier alpha value is -2.89. The van der Waals surface area contributed by atoms with Crippen LogP contribution in [0, 0.1) is 0 Å². The third-order valence-corrected chi connectivity index (χ3v) is 4.53. The van der Waals surface area contributed by atoms with Gasteiger partial charge in [-0.15, -0.1) is 0 Å². The first-order valence-corrected chi connectivity index (χ1v) is 8.88. The number of hydrogen-bond acceptors (Lipinski definition) is 5. The first-order valence-electron chi connectivity index (χ1n) is 8.88. The molecule has 1 aromatic heterocycles. The fraction of sp³-hybridized carbons (Fsp3) is 0.350. The second-order valence-corrected chi connectivity index (χ2v) is 6.43. The molecule has 3 rings (SSSR count). The zero-order valence-electron chi connectivity index (χ0n) is 14.8. The topological polar surface area (TPSA) is 80.3 Å². The van der Waals surface area contributed by atoms with Crippen LogP contribution in [-0.2, 0) is 4.74 Å². The Morgan fingerprint density at radius 3 is 2.46 bits per heavy atom. The van der Waals surface area contributed by atoms with Crippen LogP contribution in [0.4, 0.5) is 11.4 Å². The Bertz CT molecular complexity index is 768. The predicted molar refractivity (Wildman–Crippen MR) is 99.6 cm³/mol. The number of aromatic nitrogens is 1. The van der Waals surface area contributed by atoms with E-state index in [0.29, 0.717) is 11.3 Å². The van der Waals surface area contributed by atoms with Gasteiger partial charge >= 0.3 is 5.97 Å². The van der Waals surface area contributed by atoms with Crippen molar-refractivity contribution in [2.75, 3.05) is 12.4 Å². The third-order valence-electron chi connectivity index (χ3n) is 4.53. The Balaban J connectivity index is 1.65. The first kappa shape index (κ1) is 17.9. The second-order valence-electron chi connectivity index (χ2n) is 6.43. The third kappa shape index (κ3) is 4.59. The van der Waals surface area contributed by atoms with Gasteiger partial charge in [0.15, 0.2) is 0 Å². The average molecular weight is 353 g/mol. The van der Waals surface area contributed by atoms with E-state index in [4.69, 9.17) is 0 Å². The van der Waals surface area contributed by atoms with Crippen molar-refractivity contribution in [3.63, 3.8) is 0 Å². The molecule has 2 N–H and O–H groups in total. The number of carbonyl (C=O) groups is 2. The van der Waals surface area contributed by atoms with E-state index in [1.807, 2.05) is 0 Å². The SMILES string of the molecule is COC(=O)c1ccc(Nc2ccnc(C(=O)NC3CCCCC3)c2)cc1. The predicted octanol–water partition coefficient (Wildman–Crippen LogP) is 3.67. The van der Waals surface area contributed by atoms with E-state index in [1.54, 1.807) is 42.6 Å². The summed E-state index contributed by atoms with van der Waals surface area (Å²) in [6.07, 6.45) is 7.27. The monoisotopic (exact) mass is 353 g/mol. The molecule has 1 aromatic carbocycles. The molecule has 1 saturated carbocycles. The minimum absolute atomic E-state index is 0.137. The maximum atomic E-state index is 12.4. The van der Waals surface area contributed by atoms with Crippen molar-refractivity contribution < 1.29 is 14.3 Å². The van der Waals surface area contributed by atoms with Crippen molar-refractivity contribution in [3.8, 4) is 0 Å². The number of pyridine rings is 1. The fourth-order valence-electron chi connectivity index (χ4n) is 3.11. The van der Waals surface area contributed by atoms with Crippen LogP contribution in [0.25, 0.3) is 0 Å². The number of nitrogens with one attached hydrogen (secondary N) is 2. The molecule has 1 fully saturated rings. The average Bonchev–Trinajstić information content (AvgIpc) is 2.69. The first-order chi connectivity index (χ1) is 12.7. The van der Waals surface area contributed by atoms with E-state index in [0.717, 1.165) is 24.2 Å². The van der Waals surface area contributed by atoms with Crippen molar-refractivity contribution in [3.05, 3.63) is 53.9 Å². The highest BCUT2D eigenvalue weighted by Crippen LogP contribution is 2.20. The highest BCUT2D eigenvalue weighted by atomic mass is 16.5. The van der Waals surface area contributed by atoms with Crippen LogP contribution in [0.5, 0.6) is 0 Å². The number of nitrogens with zero attached hydrogens (tertiary/aromatic N) is 1. The molecule has 0 aliphatic heterocycles. The van der Waals surface area contributed by atoms with Gasteiger partial charge in [-0.05, 0) is 49.2 Å². The normalized spacial score (nSPS) is 14.5. The van der Waals surface area contributed by atoms with Gasteiger partial charge in [-0.3, -0.25) is 9.78 Å².